The number of hydrogen-bond donors (Lipinski definition) is 1. The van der Waals surface area contributed by atoms with Crippen molar-refractivity contribution in [2.24, 2.45) is 0 Å². The molecule has 78 heavy (non-hydrogen) atoms. The fraction of sp³-hybridized carbons (Fsp3) is 0.676. The fourth-order valence-electron chi connectivity index (χ4n) is 8.30. The quantitative estimate of drug-likeness (QED) is 0.0212. The van der Waals surface area contributed by atoms with E-state index < -0.39 is 26.6 Å². The Balaban J connectivity index is 5.34. The summed E-state index contributed by atoms with van der Waals surface area (Å²) in [5, 5.41) is 3.01. The van der Waals surface area contributed by atoms with Gasteiger partial charge in [0.05, 0.1) is 33.8 Å². The molecular weight excluding hydrogens is 988 g/mol. The average Bonchev–Trinajstić information content (AvgIpc) is 3.40. The van der Waals surface area contributed by atoms with Crippen molar-refractivity contribution in [3.63, 3.8) is 0 Å². The molecule has 3 atom stereocenters. The first-order valence-corrected chi connectivity index (χ1v) is 32.8. The highest BCUT2D eigenvalue weighted by Crippen LogP contribution is 2.38. The van der Waals surface area contributed by atoms with Crippen LogP contribution in [-0.4, -0.2) is 69.4 Å². The van der Waals surface area contributed by atoms with Gasteiger partial charge in [0.15, 0.2) is 0 Å². The van der Waals surface area contributed by atoms with Crippen molar-refractivity contribution in [3.05, 3.63) is 122 Å². The van der Waals surface area contributed by atoms with Crippen LogP contribution in [0.25, 0.3) is 0 Å². The van der Waals surface area contributed by atoms with Gasteiger partial charge >= 0.3 is 5.97 Å². The molecule has 0 aromatic carbocycles. The van der Waals surface area contributed by atoms with E-state index in [1.54, 1.807) is 0 Å². The highest BCUT2D eigenvalue weighted by atomic mass is 31.2. The molecule has 0 saturated heterocycles. The maximum atomic E-state index is 13.5. The summed E-state index contributed by atoms with van der Waals surface area (Å²) in [5.74, 6) is -0.603. The number of unbranched alkanes of at least 4 members (excludes halogenated alkanes) is 21. The van der Waals surface area contributed by atoms with Crippen molar-refractivity contribution < 1.29 is 37.3 Å². The molecule has 0 saturated carbocycles. The van der Waals surface area contributed by atoms with Crippen LogP contribution < -0.4 is 10.2 Å². The molecule has 0 fully saturated rings. The number of carbonyl (C=O) groups is 2. The third-order valence-electron chi connectivity index (χ3n) is 13.1. The van der Waals surface area contributed by atoms with Gasteiger partial charge in [0.1, 0.15) is 19.3 Å². The lowest BCUT2D eigenvalue weighted by atomic mass is 10.0. The first-order valence-electron chi connectivity index (χ1n) is 31.3. The number of nitrogens with zero attached hydrogens (tertiary/aromatic N) is 1. The van der Waals surface area contributed by atoms with Gasteiger partial charge in [-0.05, 0) is 122 Å². The Morgan fingerprint density at radius 2 is 0.821 bits per heavy atom. The van der Waals surface area contributed by atoms with E-state index in [0.717, 1.165) is 122 Å². The minimum atomic E-state index is -4.72. The largest absolute Gasteiger partial charge is 0.756 e. The van der Waals surface area contributed by atoms with Crippen molar-refractivity contribution in [3.8, 4) is 0 Å². The maximum Gasteiger partial charge on any atom is 0.306 e. The third kappa shape index (κ3) is 57.1. The molecule has 3 unspecified atom stereocenters. The lowest BCUT2D eigenvalue weighted by Gasteiger charge is -2.30. The number of hydrogen-bond acceptors (Lipinski definition) is 7. The second-order valence-electron chi connectivity index (χ2n) is 21.8. The zero-order valence-corrected chi connectivity index (χ0v) is 51.7. The topological polar surface area (TPSA) is 114 Å². The van der Waals surface area contributed by atoms with Gasteiger partial charge in [-0.2, -0.15) is 0 Å². The Kier molecular flexibility index (Phi) is 54.1. The molecule has 0 radical (unpaired) electrons. The Bertz CT molecular complexity index is 1750. The lowest BCUT2D eigenvalue weighted by molar-refractivity contribution is -0.870. The van der Waals surface area contributed by atoms with Crippen LogP contribution in [0.4, 0.5) is 0 Å². The number of ether oxygens (including phenoxy) is 1. The number of amides is 1. The Labute approximate surface area is 480 Å². The fourth-order valence-corrected chi connectivity index (χ4v) is 9.02. The molecule has 0 aliphatic rings. The van der Waals surface area contributed by atoms with Gasteiger partial charge in [-0.3, -0.25) is 14.2 Å². The number of allylic oxidation sites excluding steroid dienone is 19. The van der Waals surface area contributed by atoms with E-state index in [1.165, 1.54) is 77.0 Å². The molecule has 0 bridgehead atoms. The van der Waals surface area contributed by atoms with E-state index >= 15 is 0 Å². The summed E-state index contributed by atoms with van der Waals surface area (Å²) in [6.07, 6.45) is 78.8. The molecule has 0 rings (SSSR count). The average molecular weight is 1110 g/mol. The molecule has 9 nitrogen and oxygen atoms in total. The van der Waals surface area contributed by atoms with E-state index in [1.807, 2.05) is 33.3 Å². The number of rotatable bonds is 55. The molecule has 446 valence electrons. The zero-order valence-electron chi connectivity index (χ0n) is 50.8. The summed E-state index contributed by atoms with van der Waals surface area (Å²) in [6.45, 7) is 6.65. The highest BCUT2D eigenvalue weighted by molar-refractivity contribution is 7.45. The molecule has 0 aliphatic carbocycles. The van der Waals surface area contributed by atoms with Crippen LogP contribution in [0.2, 0.25) is 0 Å². The number of nitrogens with one attached hydrogen (secondary N) is 1. The summed E-state index contributed by atoms with van der Waals surface area (Å²) >= 11 is 0. The van der Waals surface area contributed by atoms with E-state index in [2.05, 4.69) is 135 Å². The van der Waals surface area contributed by atoms with Crippen LogP contribution in [-0.2, 0) is 27.9 Å². The van der Waals surface area contributed by atoms with Gasteiger partial charge in [0.2, 0.25) is 5.91 Å². The Morgan fingerprint density at radius 1 is 0.462 bits per heavy atom. The summed E-state index contributed by atoms with van der Waals surface area (Å²) in [5.41, 5.74) is 0. The van der Waals surface area contributed by atoms with E-state index in [9.17, 15) is 19.0 Å². The van der Waals surface area contributed by atoms with Gasteiger partial charge in [-0.25, -0.2) is 0 Å². The molecule has 0 spiro atoms. The normalized spacial score (nSPS) is 14.5. The second kappa shape index (κ2) is 56.7. The highest BCUT2D eigenvalue weighted by Gasteiger charge is 2.27. The van der Waals surface area contributed by atoms with Gasteiger partial charge in [0, 0.05) is 12.8 Å². The summed E-state index contributed by atoms with van der Waals surface area (Å²) in [7, 11) is 1.14. The minimum absolute atomic E-state index is 0.0381. The van der Waals surface area contributed by atoms with E-state index in [-0.39, 0.29) is 31.3 Å². The third-order valence-corrected chi connectivity index (χ3v) is 14.1. The molecular formula is C68H117N2O7P. The minimum Gasteiger partial charge on any atom is -0.756 e. The second-order valence-corrected chi connectivity index (χ2v) is 23.2. The first kappa shape index (κ1) is 74.4. The van der Waals surface area contributed by atoms with E-state index in [0.29, 0.717) is 23.9 Å². The van der Waals surface area contributed by atoms with Crippen molar-refractivity contribution in [1.82, 2.24) is 5.32 Å². The smallest absolute Gasteiger partial charge is 0.306 e. The SMILES string of the molecule is CC/C=C\C/C=C\C/C=C\C/C=C\C/C=C\C/C=C\CCCCCCC(=O)NC(COP(=O)([O-])OCC[N+](C)(C)C)C(/C=C\CCCCCCCCCCCC)OC(=O)CCCCCC/C=C\C/C=C\C/C=C\CCCCC. The number of esters is 1. The molecule has 0 aromatic heterocycles. The molecule has 0 heterocycles. The number of phosphoric ester groups is 1. The van der Waals surface area contributed by atoms with Gasteiger partial charge in [0.25, 0.3) is 7.82 Å². The van der Waals surface area contributed by atoms with Crippen LogP contribution >= 0.6 is 7.82 Å². The van der Waals surface area contributed by atoms with Crippen LogP contribution in [0.15, 0.2) is 122 Å². The van der Waals surface area contributed by atoms with Crippen LogP contribution in [0.1, 0.15) is 245 Å². The molecule has 0 aromatic rings. The number of likely N-dealkylation sites (N-methyl/N-ethyl adjacent to an activating group) is 1. The number of quaternary nitrogens is 1. The predicted molar refractivity (Wildman–Crippen MR) is 334 cm³/mol. The van der Waals surface area contributed by atoms with Crippen LogP contribution in [0.3, 0.4) is 0 Å². The van der Waals surface area contributed by atoms with Crippen molar-refractivity contribution in [1.29, 1.82) is 0 Å². The van der Waals surface area contributed by atoms with Crippen molar-refractivity contribution in [2.45, 2.75) is 258 Å². The molecule has 1 amide bonds. The van der Waals surface area contributed by atoms with E-state index in [4.69, 9.17) is 13.8 Å². The standard InChI is InChI=1S/C68H117N2O7P/c1-7-10-13-16-19-22-25-28-30-32-33-34-35-36-37-39-40-42-45-48-51-54-57-60-67(71)69-65(64-76-78(73,74)75-63-62-70(4,5)6)66(59-56-53-50-47-44-27-24-21-18-15-12-9-3)77-68(72)61-58-55-52-49-46-43-41-38-31-29-26-23-20-17-14-11-8-2/h10,13,19-20,22-23,28-31,33-34,36-37,40-43,56,59,65-66H,7-9,11-12,14-18,21,24-27,32,35,38-39,44-55,57-58,60-64H2,1-6H3,(H-,69,71,73,74)/b13-10-,22-19-,23-20-,30-28-,31-29-,34-33-,37-36-,42-40-,43-41-,59-56-. The summed E-state index contributed by atoms with van der Waals surface area (Å²) < 4.78 is 30.3. The van der Waals surface area contributed by atoms with Gasteiger partial charge in [-0.15, -0.1) is 0 Å². The van der Waals surface area contributed by atoms with Crippen LogP contribution in [0, 0.1) is 0 Å². The molecule has 10 heteroatoms. The van der Waals surface area contributed by atoms with Crippen molar-refractivity contribution in [2.75, 3.05) is 40.9 Å². The van der Waals surface area contributed by atoms with Gasteiger partial charge < -0.3 is 28.5 Å². The first-order chi connectivity index (χ1) is 37.9. The molecule has 1 N–H and O–H groups in total. The predicted octanol–water partition coefficient (Wildman–Crippen LogP) is 18.9. The van der Waals surface area contributed by atoms with Crippen LogP contribution in [0.5, 0.6) is 0 Å². The number of carbonyl (C=O) groups excluding carboxylic acids is 2. The van der Waals surface area contributed by atoms with Gasteiger partial charge in [-0.1, -0.05) is 233 Å². The Morgan fingerprint density at radius 3 is 1.26 bits per heavy atom. The summed E-state index contributed by atoms with van der Waals surface area (Å²) in [4.78, 5) is 40.0. The van der Waals surface area contributed by atoms with Crippen molar-refractivity contribution >= 4 is 19.7 Å². The maximum absolute atomic E-state index is 13.5. The Hall–Kier alpha value is -3.59. The zero-order chi connectivity index (χ0) is 57.2. The monoisotopic (exact) mass is 1100 g/mol. The molecule has 0 aliphatic heterocycles. The lowest BCUT2D eigenvalue weighted by Crippen LogP contribution is -2.47. The number of phosphoric acid groups is 1. The summed E-state index contributed by atoms with van der Waals surface area (Å²) in [6, 6.07) is -0.920.